The summed E-state index contributed by atoms with van der Waals surface area (Å²) in [6, 6.07) is 6.43. The summed E-state index contributed by atoms with van der Waals surface area (Å²) in [5, 5.41) is 0.670. The molecule has 19 heavy (non-hydrogen) atoms. The molecule has 1 aromatic carbocycles. The number of hydrogen-bond acceptors (Lipinski definition) is 3. The minimum Gasteiger partial charge on any atom is -0.224 e. The fourth-order valence-electron chi connectivity index (χ4n) is 1.67. The van der Waals surface area contributed by atoms with Crippen LogP contribution < -0.4 is 0 Å². The fourth-order valence-corrected chi connectivity index (χ4v) is 3.54. The van der Waals surface area contributed by atoms with E-state index in [0.29, 0.717) is 20.0 Å². The maximum atomic E-state index is 13.9. The van der Waals surface area contributed by atoms with Gasteiger partial charge in [-0.15, -0.1) is 11.3 Å². The molecule has 0 aliphatic carbocycles. The molecule has 0 atom stereocenters. The third-order valence-corrected chi connectivity index (χ3v) is 4.66. The summed E-state index contributed by atoms with van der Waals surface area (Å²) in [5.74, 6) is -0.0715. The van der Waals surface area contributed by atoms with E-state index in [4.69, 9.17) is 23.2 Å². The van der Waals surface area contributed by atoms with Gasteiger partial charge >= 0.3 is 0 Å². The van der Waals surface area contributed by atoms with Crippen LogP contribution in [0.25, 0.3) is 21.6 Å². The highest BCUT2D eigenvalue weighted by Crippen LogP contribution is 2.34. The Labute approximate surface area is 130 Å². The van der Waals surface area contributed by atoms with Crippen molar-refractivity contribution in [1.29, 1.82) is 0 Å². The van der Waals surface area contributed by atoms with E-state index >= 15 is 0 Å². The maximum Gasteiger partial charge on any atom is 0.171 e. The molecule has 0 saturated carbocycles. The minimum absolute atomic E-state index is 0.189. The first kappa shape index (κ1) is 13.2. The highest BCUT2D eigenvalue weighted by atomic mass is 79.9. The average molecular weight is 378 g/mol. The fraction of sp³-hybridized carbons (Fsp3) is 0. The molecule has 2 aromatic heterocycles. The molecule has 2 heterocycles. The topological polar surface area (TPSA) is 25.8 Å². The van der Waals surface area contributed by atoms with Crippen molar-refractivity contribution in [3.63, 3.8) is 0 Å². The molecule has 0 aliphatic heterocycles. The van der Waals surface area contributed by atoms with E-state index in [1.807, 2.05) is 0 Å². The summed E-state index contributed by atoms with van der Waals surface area (Å²) in [6.45, 7) is 0. The predicted molar refractivity (Wildman–Crippen MR) is 80.5 cm³/mol. The number of halogens is 4. The minimum atomic E-state index is -0.439. The van der Waals surface area contributed by atoms with E-state index < -0.39 is 5.82 Å². The quantitative estimate of drug-likeness (QED) is 0.518. The largest absolute Gasteiger partial charge is 0.224 e. The summed E-state index contributed by atoms with van der Waals surface area (Å²) in [5.41, 5.74) is 0.189. The smallest absolute Gasteiger partial charge is 0.171 e. The van der Waals surface area contributed by atoms with Gasteiger partial charge in [-0.25, -0.2) is 14.4 Å². The van der Waals surface area contributed by atoms with E-state index in [1.165, 1.54) is 17.4 Å². The normalized spacial score (nSPS) is 11.2. The van der Waals surface area contributed by atoms with E-state index in [9.17, 15) is 4.39 Å². The zero-order valence-corrected chi connectivity index (χ0v) is 13.0. The van der Waals surface area contributed by atoms with Crippen LogP contribution >= 0.6 is 50.5 Å². The Morgan fingerprint density at radius 3 is 2.58 bits per heavy atom. The summed E-state index contributed by atoms with van der Waals surface area (Å²) >= 11 is 16.6. The Kier molecular flexibility index (Phi) is 3.47. The number of benzene rings is 1. The summed E-state index contributed by atoms with van der Waals surface area (Å²) in [4.78, 5) is 9.17. The second-order valence-electron chi connectivity index (χ2n) is 3.69. The molecule has 3 aromatic rings. The highest BCUT2D eigenvalue weighted by Gasteiger charge is 2.14. The van der Waals surface area contributed by atoms with Gasteiger partial charge in [-0.05, 0) is 40.2 Å². The van der Waals surface area contributed by atoms with Gasteiger partial charge in [-0.2, -0.15) is 0 Å². The van der Waals surface area contributed by atoms with Crippen LogP contribution in [-0.2, 0) is 0 Å². The van der Waals surface area contributed by atoms with Gasteiger partial charge in [-0.3, -0.25) is 0 Å². The van der Waals surface area contributed by atoms with Gasteiger partial charge in [0.2, 0.25) is 0 Å². The number of thiophene rings is 1. The standard InChI is InChI=1S/C12H4BrCl2FN2S/c13-5-1-2-6(16)10-9(5)11(15)18-12(17-10)7-3-4-8(14)19-7/h1-4H. The molecule has 3 rings (SSSR count). The lowest BCUT2D eigenvalue weighted by atomic mass is 10.2. The van der Waals surface area contributed by atoms with Gasteiger partial charge in [0.1, 0.15) is 16.5 Å². The van der Waals surface area contributed by atoms with Crippen molar-refractivity contribution in [3.05, 3.63) is 44.0 Å². The van der Waals surface area contributed by atoms with Crippen molar-refractivity contribution >= 4 is 61.4 Å². The van der Waals surface area contributed by atoms with Crippen LogP contribution in [0.5, 0.6) is 0 Å². The summed E-state index contributed by atoms with van der Waals surface area (Å²) in [6.07, 6.45) is 0. The Morgan fingerprint density at radius 2 is 1.89 bits per heavy atom. The molecule has 0 N–H and O–H groups in total. The zero-order valence-electron chi connectivity index (χ0n) is 9.12. The van der Waals surface area contributed by atoms with Crippen molar-refractivity contribution in [2.45, 2.75) is 0 Å². The number of nitrogens with zero attached hydrogens (tertiary/aromatic N) is 2. The number of hydrogen-bond donors (Lipinski definition) is 0. The van der Waals surface area contributed by atoms with E-state index in [1.54, 1.807) is 18.2 Å². The molecule has 0 amide bonds. The van der Waals surface area contributed by atoms with Crippen molar-refractivity contribution in [1.82, 2.24) is 9.97 Å². The highest BCUT2D eigenvalue weighted by molar-refractivity contribution is 9.10. The van der Waals surface area contributed by atoms with Crippen LogP contribution in [0.4, 0.5) is 4.39 Å². The van der Waals surface area contributed by atoms with Gasteiger partial charge in [-0.1, -0.05) is 23.2 Å². The molecule has 0 saturated heterocycles. The lowest BCUT2D eigenvalue weighted by molar-refractivity contribution is 0.636. The number of fused-ring (bicyclic) bond motifs is 1. The molecule has 0 radical (unpaired) electrons. The Hall–Kier alpha value is -0.750. The van der Waals surface area contributed by atoms with Crippen molar-refractivity contribution in [3.8, 4) is 10.7 Å². The number of rotatable bonds is 1. The molecule has 0 spiro atoms. The van der Waals surface area contributed by atoms with Crippen molar-refractivity contribution < 1.29 is 4.39 Å². The monoisotopic (exact) mass is 376 g/mol. The third kappa shape index (κ3) is 2.36. The Balaban J connectivity index is 2.33. The molecule has 0 bridgehead atoms. The maximum absolute atomic E-state index is 13.9. The Bertz CT molecular complexity index is 791. The van der Waals surface area contributed by atoms with Gasteiger partial charge < -0.3 is 0 Å². The molecule has 0 fully saturated rings. The molecule has 0 unspecified atom stereocenters. The van der Waals surface area contributed by atoms with Gasteiger partial charge in [0.25, 0.3) is 0 Å². The molecule has 96 valence electrons. The third-order valence-electron chi connectivity index (χ3n) is 2.50. The van der Waals surface area contributed by atoms with Crippen LogP contribution in [0.15, 0.2) is 28.7 Å². The lowest BCUT2D eigenvalue weighted by Gasteiger charge is -2.05. The van der Waals surface area contributed by atoms with Crippen LogP contribution in [0.2, 0.25) is 9.49 Å². The molecular formula is C12H4BrCl2FN2S. The lowest BCUT2D eigenvalue weighted by Crippen LogP contribution is -1.93. The summed E-state index contributed by atoms with van der Waals surface area (Å²) < 4.78 is 15.1. The number of aromatic nitrogens is 2. The molecule has 0 aliphatic rings. The SMILES string of the molecule is Fc1ccc(Br)c2c(Cl)nc(-c3ccc(Cl)s3)nc12. The van der Waals surface area contributed by atoms with Gasteiger partial charge in [0.15, 0.2) is 5.82 Å². The van der Waals surface area contributed by atoms with Crippen molar-refractivity contribution in [2.75, 3.05) is 0 Å². The Morgan fingerprint density at radius 1 is 1.11 bits per heavy atom. The molecule has 2 nitrogen and oxygen atoms in total. The van der Waals surface area contributed by atoms with E-state index in [-0.39, 0.29) is 10.7 Å². The molecular weight excluding hydrogens is 374 g/mol. The van der Waals surface area contributed by atoms with Crippen LogP contribution in [-0.4, -0.2) is 9.97 Å². The van der Waals surface area contributed by atoms with Crippen LogP contribution in [0.1, 0.15) is 0 Å². The summed E-state index contributed by atoms with van der Waals surface area (Å²) in [7, 11) is 0. The first-order valence-corrected chi connectivity index (χ1v) is 7.50. The van der Waals surface area contributed by atoms with E-state index in [2.05, 4.69) is 25.9 Å². The first-order chi connectivity index (χ1) is 9.06. The van der Waals surface area contributed by atoms with Gasteiger partial charge in [0.05, 0.1) is 14.6 Å². The second kappa shape index (κ2) is 4.98. The van der Waals surface area contributed by atoms with Crippen molar-refractivity contribution in [2.24, 2.45) is 0 Å². The average Bonchev–Trinajstić information content (AvgIpc) is 2.80. The van der Waals surface area contributed by atoms with Crippen LogP contribution in [0.3, 0.4) is 0 Å². The van der Waals surface area contributed by atoms with E-state index in [0.717, 1.165) is 4.88 Å². The van der Waals surface area contributed by atoms with Crippen LogP contribution in [0, 0.1) is 5.82 Å². The molecule has 7 heteroatoms. The van der Waals surface area contributed by atoms with Gasteiger partial charge in [0, 0.05) is 4.47 Å². The predicted octanol–water partition coefficient (Wildman–Crippen LogP) is 5.57. The zero-order chi connectivity index (χ0) is 13.6. The first-order valence-electron chi connectivity index (χ1n) is 5.13. The second-order valence-corrected chi connectivity index (χ2v) is 6.62.